The normalized spacial score (nSPS) is 23.3. The predicted molar refractivity (Wildman–Crippen MR) is 110 cm³/mol. The maximum atomic E-state index is 13.1. The molecule has 29 heavy (non-hydrogen) atoms. The Labute approximate surface area is 170 Å². The van der Waals surface area contributed by atoms with Gasteiger partial charge in [0.1, 0.15) is 6.61 Å². The number of amides is 1. The Kier molecular flexibility index (Phi) is 5.76. The fourth-order valence-corrected chi connectivity index (χ4v) is 4.28. The lowest BCUT2D eigenvalue weighted by Crippen LogP contribution is -2.59. The van der Waals surface area contributed by atoms with Crippen LogP contribution in [0.5, 0.6) is 0 Å². The standard InChI is InChI=1S/C24H25NO4/c1-2-17-9-6-10-19(11-17)23(26)20-12-21-15-28-16-22(13-20)25(21)24(27)29-14-18-7-4-3-5-8-18/h2-11,20-22H,1,12-16H2. The molecule has 0 saturated carbocycles. The maximum Gasteiger partial charge on any atom is 0.410 e. The van der Waals surface area contributed by atoms with Crippen LogP contribution in [0.4, 0.5) is 4.79 Å². The molecule has 2 heterocycles. The van der Waals surface area contributed by atoms with Crippen LogP contribution in [0.25, 0.3) is 6.08 Å². The molecule has 0 N–H and O–H groups in total. The summed E-state index contributed by atoms with van der Waals surface area (Å²) in [6.07, 6.45) is 2.60. The zero-order valence-corrected chi connectivity index (χ0v) is 16.3. The van der Waals surface area contributed by atoms with E-state index < -0.39 is 0 Å². The second-order valence-corrected chi connectivity index (χ2v) is 7.65. The number of nitrogens with zero attached hydrogens (tertiary/aromatic N) is 1. The fraction of sp³-hybridized carbons (Fsp3) is 0.333. The van der Waals surface area contributed by atoms with Crippen molar-refractivity contribution in [1.29, 1.82) is 0 Å². The molecule has 2 aliphatic heterocycles. The van der Waals surface area contributed by atoms with Gasteiger partial charge in [-0.1, -0.05) is 61.2 Å². The summed E-state index contributed by atoms with van der Waals surface area (Å²) in [5, 5.41) is 0. The SMILES string of the molecule is C=Cc1cccc(C(=O)C2CC3COCC(C2)N3C(=O)OCc2ccccc2)c1. The van der Waals surface area contributed by atoms with Crippen molar-refractivity contribution in [3.8, 4) is 0 Å². The second kappa shape index (κ2) is 8.62. The first-order valence-electron chi connectivity index (χ1n) is 9.99. The Morgan fingerprint density at radius 2 is 1.79 bits per heavy atom. The van der Waals surface area contributed by atoms with Crippen LogP contribution in [0.1, 0.15) is 34.3 Å². The number of rotatable bonds is 5. The van der Waals surface area contributed by atoms with Crippen LogP contribution in [0, 0.1) is 5.92 Å². The first-order chi connectivity index (χ1) is 14.2. The van der Waals surface area contributed by atoms with Gasteiger partial charge in [0.05, 0.1) is 25.3 Å². The third-order valence-electron chi connectivity index (χ3n) is 5.71. The molecule has 2 aromatic rings. The van der Waals surface area contributed by atoms with Crippen molar-refractivity contribution in [3.63, 3.8) is 0 Å². The molecule has 2 aromatic carbocycles. The monoisotopic (exact) mass is 391 g/mol. The molecule has 0 aromatic heterocycles. The number of hydrogen-bond donors (Lipinski definition) is 0. The number of hydrogen-bond acceptors (Lipinski definition) is 4. The lowest BCUT2D eigenvalue weighted by atomic mass is 9.80. The molecule has 0 spiro atoms. The Hall–Kier alpha value is -2.92. The summed E-state index contributed by atoms with van der Waals surface area (Å²) in [7, 11) is 0. The molecule has 2 fully saturated rings. The number of carbonyl (C=O) groups excluding carboxylic acids is 2. The maximum absolute atomic E-state index is 13.1. The van der Waals surface area contributed by atoms with E-state index in [0.29, 0.717) is 31.6 Å². The number of morpholine rings is 1. The Morgan fingerprint density at radius 3 is 2.48 bits per heavy atom. The number of ether oxygens (including phenoxy) is 2. The van der Waals surface area contributed by atoms with Crippen LogP contribution in [0.15, 0.2) is 61.2 Å². The molecule has 150 valence electrons. The summed E-state index contributed by atoms with van der Waals surface area (Å²) in [6.45, 7) is 4.89. The molecular weight excluding hydrogens is 366 g/mol. The van der Waals surface area contributed by atoms with Crippen molar-refractivity contribution < 1.29 is 19.1 Å². The number of Topliss-reactive ketones (excluding diaryl/α,β-unsaturated/α-hetero) is 1. The van der Waals surface area contributed by atoms with Crippen molar-refractivity contribution in [2.24, 2.45) is 5.92 Å². The summed E-state index contributed by atoms with van der Waals surface area (Å²) in [5.41, 5.74) is 2.59. The third-order valence-corrected chi connectivity index (χ3v) is 5.71. The van der Waals surface area contributed by atoms with Gasteiger partial charge in [-0.15, -0.1) is 0 Å². The Bertz CT molecular complexity index is 881. The van der Waals surface area contributed by atoms with Crippen molar-refractivity contribution in [3.05, 3.63) is 77.9 Å². The molecule has 5 heteroatoms. The average molecular weight is 391 g/mol. The molecule has 2 bridgehead atoms. The van der Waals surface area contributed by atoms with Crippen LogP contribution in [-0.2, 0) is 16.1 Å². The van der Waals surface area contributed by atoms with E-state index in [1.54, 1.807) is 11.0 Å². The molecule has 1 amide bonds. The molecule has 2 aliphatic rings. The highest BCUT2D eigenvalue weighted by Gasteiger charge is 2.44. The van der Waals surface area contributed by atoms with Gasteiger partial charge in [0.15, 0.2) is 5.78 Å². The van der Waals surface area contributed by atoms with Gasteiger partial charge < -0.3 is 9.47 Å². The highest BCUT2D eigenvalue weighted by molar-refractivity contribution is 5.98. The number of fused-ring (bicyclic) bond motifs is 2. The summed E-state index contributed by atoms with van der Waals surface area (Å²) in [6, 6.07) is 16.9. The quantitative estimate of drug-likeness (QED) is 0.712. The van der Waals surface area contributed by atoms with Crippen LogP contribution < -0.4 is 0 Å². The summed E-state index contributed by atoms with van der Waals surface area (Å²) < 4.78 is 11.2. The second-order valence-electron chi connectivity index (χ2n) is 7.65. The largest absolute Gasteiger partial charge is 0.445 e. The number of piperidine rings is 1. The molecule has 2 unspecified atom stereocenters. The van der Waals surface area contributed by atoms with Crippen molar-refractivity contribution in [2.45, 2.75) is 31.5 Å². The van der Waals surface area contributed by atoms with E-state index in [2.05, 4.69) is 6.58 Å². The van der Waals surface area contributed by atoms with Gasteiger partial charge in [-0.2, -0.15) is 0 Å². The zero-order chi connectivity index (χ0) is 20.2. The fourth-order valence-electron chi connectivity index (χ4n) is 4.28. The van der Waals surface area contributed by atoms with Gasteiger partial charge in [-0.3, -0.25) is 9.69 Å². The molecular formula is C24H25NO4. The first-order valence-corrected chi connectivity index (χ1v) is 9.99. The van der Waals surface area contributed by atoms with Crippen LogP contribution in [-0.4, -0.2) is 42.1 Å². The van der Waals surface area contributed by atoms with E-state index in [1.165, 1.54) is 0 Å². The summed E-state index contributed by atoms with van der Waals surface area (Å²) in [4.78, 5) is 27.6. The van der Waals surface area contributed by atoms with Gasteiger partial charge in [0.25, 0.3) is 0 Å². The molecule has 0 radical (unpaired) electrons. The highest BCUT2D eigenvalue weighted by atomic mass is 16.6. The molecule has 0 aliphatic carbocycles. The summed E-state index contributed by atoms with van der Waals surface area (Å²) >= 11 is 0. The van der Waals surface area contributed by atoms with E-state index in [-0.39, 0.29) is 36.5 Å². The van der Waals surface area contributed by atoms with E-state index in [4.69, 9.17) is 9.47 Å². The Balaban J connectivity index is 1.43. The minimum Gasteiger partial charge on any atom is -0.445 e. The van der Waals surface area contributed by atoms with E-state index >= 15 is 0 Å². The average Bonchev–Trinajstić information content (AvgIpc) is 2.76. The van der Waals surface area contributed by atoms with E-state index in [0.717, 1.165) is 11.1 Å². The van der Waals surface area contributed by atoms with Gasteiger partial charge in [0.2, 0.25) is 0 Å². The van der Waals surface area contributed by atoms with Crippen LogP contribution >= 0.6 is 0 Å². The summed E-state index contributed by atoms with van der Waals surface area (Å²) in [5.74, 6) is 0.00930. The number of carbonyl (C=O) groups is 2. The molecule has 2 atom stereocenters. The first kappa shape index (κ1) is 19.4. The smallest absolute Gasteiger partial charge is 0.410 e. The molecule has 4 rings (SSSR count). The van der Waals surface area contributed by atoms with Gasteiger partial charge in [-0.05, 0) is 30.0 Å². The van der Waals surface area contributed by atoms with Crippen LogP contribution in [0.2, 0.25) is 0 Å². The minimum atomic E-state index is -0.327. The van der Waals surface area contributed by atoms with Crippen molar-refractivity contribution >= 4 is 18.0 Å². The van der Waals surface area contributed by atoms with E-state index in [1.807, 2.05) is 54.6 Å². The van der Waals surface area contributed by atoms with Gasteiger partial charge >= 0.3 is 6.09 Å². The molecule has 5 nitrogen and oxygen atoms in total. The van der Waals surface area contributed by atoms with Gasteiger partial charge in [0, 0.05) is 11.5 Å². The number of ketones is 1. The third kappa shape index (κ3) is 4.25. The molecule has 2 saturated heterocycles. The lowest BCUT2D eigenvalue weighted by molar-refractivity contribution is -0.0755. The minimum absolute atomic E-state index is 0.118. The predicted octanol–water partition coefficient (Wildman–Crippen LogP) is 4.33. The highest BCUT2D eigenvalue weighted by Crippen LogP contribution is 2.34. The lowest BCUT2D eigenvalue weighted by Gasteiger charge is -2.47. The van der Waals surface area contributed by atoms with Crippen molar-refractivity contribution in [2.75, 3.05) is 13.2 Å². The van der Waals surface area contributed by atoms with Gasteiger partial charge in [-0.25, -0.2) is 4.79 Å². The Morgan fingerprint density at radius 1 is 1.07 bits per heavy atom. The van der Waals surface area contributed by atoms with Crippen molar-refractivity contribution in [1.82, 2.24) is 4.90 Å². The zero-order valence-electron chi connectivity index (χ0n) is 16.3. The number of benzene rings is 2. The topological polar surface area (TPSA) is 55.8 Å². The van der Waals surface area contributed by atoms with Crippen LogP contribution in [0.3, 0.4) is 0 Å². The van der Waals surface area contributed by atoms with E-state index in [9.17, 15) is 9.59 Å².